The Balaban J connectivity index is 1.52. The summed E-state index contributed by atoms with van der Waals surface area (Å²) >= 11 is 0. The van der Waals surface area contributed by atoms with Crippen molar-refractivity contribution in [3.63, 3.8) is 0 Å². The smallest absolute Gasteiger partial charge is 0.261 e. The number of carbonyl (C=O) groups is 2. The topological polar surface area (TPSA) is 80.5 Å². The summed E-state index contributed by atoms with van der Waals surface area (Å²) in [6, 6.07) is 24.2. The van der Waals surface area contributed by atoms with Crippen LogP contribution in [0.3, 0.4) is 0 Å². The molecule has 5 rings (SSSR count). The van der Waals surface area contributed by atoms with Gasteiger partial charge in [0.05, 0.1) is 22.8 Å². The van der Waals surface area contributed by atoms with E-state index in [1.165, 1.54) is 0 Å². The van der Waals surface area contributed by atoms with Gasteiger partial charge in [-0.25, -0.2) is 0 Å². The van der Waals surface area contributed by atoms with Gasteiger partial charge in [-0.1, -0.05) is 60.2 Å². The molecule has 6 heteroatoms. The molecule has 2 heterocycles. The van der Waals surface area contributed by atoms with E-state index >= 15 is 0 Å². The number of hydrogen-bond acceptors (Lipinski definition) is 4. The second-order valence-corrected chi connectivity index (χ2v) is 9.52. The molecule has 6 nitrogen and oxygen atoms in total. The molecule has 0 radical (unpaired) electrons. The van der Waals surface area contributed by atoms with Crippen molar-refractivity contribution in [2.75, 3.05) is 5.32 Å². The van der Waals surface area contributed by atoms with E-state index in [2.05, 4.69) is 10.3 Å². The van der Waals surface area contributed by atoms with Crippen LogP contribution >= 0.6 is 0 Å². The zero-order valence-electron chi connectivity index (χ0n) is 21.3. The predicted molar refractivity (Wildman–Crippen MR) is 152 cm³/mol. The zero-order chi connectivity index (χ0) is 26.5. The third-order valence-electron chi connectivity index (χ3n) is 6.83. The number of aryl methyl sites for hydroxylation is 3. The lowest BCUT2D eigenvalue weighted by atomic mass is 10.0. The maximum absolute atomic E-state index is 13.6. The lowest BCUT2D eigenvalue weighted by molar-refractivity contribution is 0.0979. The molecule has 0 fully saturated rings. The maximum Gasteiger partial charge on any atom is 0.261 e. The van der Waals surface area contributed by atoms with Gasteiger partial charge in [-0.2, -0.15) is 0 Å². The number of benzene rings is 3. The Kier molecular flexibility index (Phi) is 7.40. The van der Waals surface area contributed by atoms with E-state index in [4.69, 9.17) is 0 Å². The largest absolute Gasteiger partial charge is 0.321 e. The minimum atomic E-state index is -0.316. The third kappa shape index (κ3) is 5.54. The van der Waals surface area contributed by atoms with Gasteiger partial charge in [0.15, 0.2) is 5.78 Å². The quantitative estimate of drug-likeness (QED) is 0.294. The number of Topliss-reactive ketones (excluding diaryl/α,β-unsaturated/α-hetero) is 1. The molecule has 4 aromatic rings. The number of nitrogens with zero attached hydrogens (tertiary/aromatic N) is 2. The van der Waals surface area contributed by atoms with Crippen molar-refractivity contribution in [3.8, 4) is 0 Å². The molecule has 190 valence electrons. The number of carbonyl (C=O) groups excluding carboxylic acids is 2. The van der Waals surface area contributed by atoms with Crippen molar-refractivity contribution in [2.45, 2.75) is 38.8 Å². The predicted octanol–water partition coefficient (Wildman–Crippen LogP) is 5.78. The van der Waals surface area contributed by atoms with Crippen LogP contribution in [-0.2, 0) is 13.0 Å². The van der Waals surface area contributed by atoms with Crippen molar-refractivity contribution >= 4 is 34.5 Å². The summed E-state index contributed by atoms with van der Waals surface area (Å²) in [4.78, 5) is 44.4. The Morgan fingerprint density at radius 1 is 0.974 bits per heavy atom. The van der Waals surface area contributed by atoms with E-state index in [1.807, 2.05) is 73.7 Å². The molecule has 0 aliphatic carbocycles. The highest BCUT2D eigenvalue weighted by atomic mass is 16.2. The van der Waals surface area contributed by atoms with Crippen LogP contribution in [-0.4, -0.2) is 28.5 Å². The Bertz CT molecular complexity index is 1590. The molecular weight excluding hydrogens is 474 g/mol. The highest BCUT2D eigenvalue weighted by Gasteiger charge is 2.19. The summed E-state index contributed by atoms with van der Waals surface area (Å²) in [5.41, 5.74) is 3.68. The Labute approximate surface area is 221 Å². The molecule has 3 aromatic carbocycles. The van der Waals surface area contributed by atoms with E-state index in [0.29, 0.717) is 41.5 Å². The van der Waals surface area contributed by atoms with Crippen LogP contribution in [0.5, 0.6) is 0 Å². The molecule has 1 atom stereocenters. The molecule has 1 unspecified atom stereocenters. The number of nitrogens with one attached hydrogen (secondary N) is 1. The average molecular weight is 504 g/mol. The number of pyridine rings is 1. The van der Waals surface area contributed by atoms with Gasteiger partial charge in [-0.3, -0.25) is 19.4 Å². The molecule has 0 saturated heterocycles. The zero-order valence-corrected chi connectivity index (χ0v) is 21.3. The summed E-state index contributed by atoms with van der Waals surface area (Å²) in [7, 11) is 0. The number of rotatable bonds is 9. The monoisotopic (exact) mass is 503 g/mol. The lowest BCUT2D eigenvalue weighted by Crippen LogP contribution is -2.28. The van der Waals surface area contributed by atoms with Gasteiger partial charge in [-0.15, -0.1) is 0 Å². The molecule has 1 aromatic heterocycles. The standard InChI is InChI=1S/C32H29N3O3/c1-22-12-15-24(16-13-22)31(37)34-28-10-5-11-29-26(28)21-27(30(36)17-14-23-7-3-2-4-8-23)32(38)35(29)20-18-25-9-6-19-33-25/h2-13,15-16,19,21,25H,14,17-18,20H2,1H3,(H,34,37). The molecule has 1 amide bonds. The minimum Gasteiger partial charge on any atom is -0.321 e. The Morgan fingerprint density at radius 3 is 2.50 bits per heavy atom. The second kappa shape index (κ2) is 11.2. The normalized spacial score (nSPS) is 14.2. The first-order valence-electron chi connectivity index (χ1n) is 12.8. The van der Waals surface area contributed by atoms with Gasteiger partial charge in [0.2, 0.25) is 0 Å². The molecule has 0 spiro atoms. The summed E-state index contributed by atoms with van der Waals surface area (Å²) < 4.78 is 1.65. The maximum atomic E-state index is 13.6. The molecule has 1 aliphatic heterocycles. The summed E-state index contributed by atoms with van der Waals surface area (Å²) in [6.07, 6.45) is 7.05. The van der Waals surface area contributed by atoms with Crippen LogP contribution in [0.2, 0.25) is 0 Å². The first-order valence-corrected chi connectivity index (χ1v) is 12.8. The minimum absolute atomic E-state index is 0.00110. The van der Waals surface area contributed by atoms with Crippen molar-refractivity contribution in [1.82, 2.24) is 4.57 Å². The van der Waals surface area contributed by atoms with Gasteiger partial charge in [0, 0.05) is 30.1 Å². The van der Waals surface area contributed by atoms with Crippen LogP contribution in [0.1, 0.15) is 44.7 Å². The molecule has 0 saturated carbocycles. The second-order valence-electron chi connectivity index (χ2n) is 9.52. The number of hydrogen-bond donors (Lipinski definition) is 1. The SMILES string of the molecule is Cc1ccc(C(=O)Nc2cccc3c2cc(C(=O)CCc2ccccc2)c(=O)n3CCC2C=CC=N2)cc1. The Hall–Kier alpha value is -4.58. The van der Waals surface area contributed by atoms with Gasteiger partial charge in [-0.05, 0) is 61.7 Å². The third-order valence-corrected chi connectivity index (χ3v) is 6.83. The van der Waals surface area contributed by atoms with E-state index in [-0.39, 0.29) is 35.3 Å². The lowest BCUT2D eigenvalue weighted by Gasteiger charge is -2.16. The molecule has 0 bridgehead atoms. The van der Waals surface area contributed by atoms with Gasteiger partial charge < -0.3 is 9.88 Å². The Morgan fingerprint density at radius 2 is 1.76 bits per heavy atom. The summed E-state index contributed by atoms with van der Waals surface area (Å²) in [5.74, 6) is -0.467. The number of amides is 1. The fraction of sp³-hybridized carbons (Fsp3) is 0.188. The van der Waals surface area contributed by atoms with E-state index in [9.17, 15) is 14.4 Å². The number of aromatic nitrogens is 1. The first kappa shape index (κ1) is 25.1. The van der Waals surface area contributed by atoms with E-state index < -0.39 is 0 Å². The van der Waals surface area contributed by atoms with Crippen molar-refractivity contribution < 1.29 is 9.59 Å². The van der Waals surface area contributed by atoms with Crippen molar-refractivity contribution in [3.05, 3.63) is 124 Å². The van der Waals surface area contributed by atoms with Crippen molar-refractivity contribution in [1.29, 1.82) is 0 Å². The highest BCUT2D eigenvalue weighted by Crippen LogP contribution is 2.25. The van der Waals surface area contributed by atoms with Crippen LogP contribution in [0.4, 0.5) is 5.69 Å². The fourth-order valence-corrected chi connectivity index (χ4v) is 4.69. The molecule has 1 N–H and O–H groups in total. The van der Waals surface area contributed by atoms with Gasteiger partial charge >= 0.3 is 0 Å². The number of fused-ring (bicyclic) bond motifs is 1. The van der Waals surface area contributed by atoms with Crippen LogP contribution in [0.25, 0.3) is 10.9 Å². The summed E-state index contributed by atoms with van der Waals surface area (Å²) in [6.45, 7) is 2.37. The van der Waals surface area contributed by atoms with Gasteiger partial charge in [0.25, 0.3) is 11.5 Å². The van der Waals surface area contributed by atoms with E-state index in [0.717, 1.165) is 11.1 Å². The molecule has 1 aliphatic rings. The van der Waals surface area contributed by atoms with Crippen LogP contribution in [0, 0.1) is 6.92 Å². The number of aliphatic imine (C=N–C) groups is 1. The number of ketones is 1. The average Bonchev–Trinajstić information content (AvgIpc) is 3.46. The van der Waals surface area contributed by atoms with Crippen LogP contribution in [0.15, 0.2) is 101 Å². The summed E-state index contributed by atoms with van der Waals surface area (Å²) in [5, 5.41) is 3.64. The van der Waals surface area contributed by atoms with Crippen molar-refractivity contribution in [2.24, 2.45) is 4.99 Å². The highest BCUT2D eigenvalue weighted by molar-refractivity contribution is 6.10. The number of anilines is 1. The van der Waals surface area contributed by atoms with Crippen LogP contribution < -0.4 is 10.9 Å². The molecule has 38 heavy (non-hydrogen) atoms. The van der Waals surface area contributed by atoms with Gasteiger partial charge in [0.1, 0.15) is 0 Å². The fourth-order valence-electron chi connectivity index (χ4n) is 4.69. The van der Waals surface area contributed by atoms with E-state index in [1.54, 1.807) is 35.0 Å². The first-order chi connectivity index (χ1) is 18.5. The molecular formula is C32H29N3O3. The number of allylic oxidation sites excluding steroid dienone is 1.